The highest BCUT2D eigenvalue weighted by atomic mass is 35.5. The minimum atomic E-state index is 0.403. The van der Waals surface area contributed by atoms with Crippen molar-refractivity contribution < 1.29 is 0 Å². The second kappa shape index (κ2) is 6.08. The van der Waals surface area contributed by atoms with Gasteiger partial charge in [-0.05, 0) is 42.9 Å². The quantitative estimate of drug-likeness (QED) is 0.827. The van der Waals surface area contributed by atoms with Gasteiger partial charge in [-0.25, -0.2) is 0 Å². The van der Waals surface area contributed by atoms with Crippen LogP contribution >= 0.6 is 11.6 Å². The lowest BCUT2D eigenvalue weighted by Crippen LogP contribution is -2.41. The Hall–Kier alpha value is -0.530. The number of nitrogens with one attached hydrogen (secondary N) is 1. The van der Waals surface area contributed by atoms with E-state index in [1.165, 1.54) is 24.8 Å². The summed E-state index contributed by atoms with van der Waals surface area (Å²) in [5, 5.41) is 4.60. The van der Waals surface area contributed by atoms with E-state index in [1.807, 2.05) is 12.1 Å². The molecule has 1 N–H and O–H groups in total. The summed E-state index contributed by atoms with van der Waals surface area (Å²) in [7, 11) is 0. The molecule has 100 valence electrons. The summed E-state index contributed by atoms with van der Waals surface area (Å²) >= 11 is 5.93. The van der Waals surface area contributed by atoms with Crippen LogP contribution in [0.3, 0.4) is 0 Å². The Bertz CT molecular complexity index is 373. The molecule has 0 aromatic heterocycles. The zero-order chi connectivity index (χ0) is 13.1. The summed E-state index contributed by atoms with van der Waals surface area (Å²) in [6, 6.07) is 9.25. The fourth-order valence-corrected chi connectivity index (χ4v) is 3.11. The summed E-state index contributed by atoms with van der Waals surface area (Å²) in [6.07, 6.45) is 4.05. The van der Waals surface area contributed by atoms with Gasteiger partial charge in [-0.2, -0.15) is 0 Å². The van der Waals surface area contributed by atoms with Crippen molar-refractivity contribution in [2.45, 2.75) is 52.1 Å². The van der Waals surface area contributed by atoms with Gasteiger partial charge in [-0.15, -0.1) is 0 Å². The van der Waals surface area contributed by atoms with Crippen LogP contribution in [-0.2, 0) is 0 Å². The predicted molar refractivity (Wildman–Crippen MR) is 79.0 cm³/mol. The first-order chi connectivity index (χ1) is 8.58. The van der Waals surface area contributed by atoms with Crippen molar-refractivity contribution in [3.8, 4) is 0 Å². The molecule has 1 saturated carbocycles. The van der Waals surface area contributed by atoms with E-state index in [9.17, 15) is 0 Å². The van der Waals surface area contributed by atoms with E-state index in [1.54, 1.807) is 0 Å². The van der Waals surface area contributed by atoms with Crippen molar-refractivity contribution in [2.24, 2.45) is 11.8 Å². The third-order valence-electron chi connectivity index (χ3n) is 4.54. The molecule has 1 nitrogen and oxygen atoms in total. The fraction of sp³-hybridized carbons (Fsp3) is 0.625. The van der Waals surface area contributed by atoms with Crippen LogP contribution < -0.4 is 5.32 Å². The van der Waals surface area contributed by atoms with E-state index in [0.717, 1.165) is 16.9 Å². The first kappa shape index (κ1) is 13.9. The highest BCUT2D eigenvalue weighted by Crippen LogP contribution is 2.31. The second-order valence-corrected chi connectivity index (χ2v) is 6.25. The van der Waals surface area contributed by atoms with E-state index in [-0.39, 0.29) is 0 Å². The smallest absolute Gasteiger partial charge is 0.0406 e. The van der Waals surface area contributed by atoms with Crippen LogP contribution in [0.4, 0.5) is 0 Å². The third-order valence-corrected chi connectivity index (χ3v) is 4.79. The van der Waals surface area contributed by atoms with Gasteiger partial charge in [-0.1, -0.05) is 50.4 Å². The van der Waals surface area contributed by atoms with E-state index in [0.29, 0.717) is 12.1 Å². The molecule has 0 amide bonds. The summed E-state index contributed by atoms with van der Waals surface area (Å²) in [5.41, 5.74) is 1.32. The maximum atomic E-state index is 5.93. The second-order valence-electron chi connectivity index (χ2n) is 5.81. The van der Waals surface area contributed by atoms with Crippen molar-refractivity contribution >= 4 is 11.6 Å². The van der Waals surface area contributed by atoms with Crippen LogP contribution in [0.15, 0.2) is 24.3 Å². The van der Waals surface area contributed by atoms with Crippen molar-refractivity contribution in [2.75, 3.05) is 0 Å². The molecule has 1 aromatic rings. The minimum absolute atomic E-state index is 0.403. The average molecular weight is 266 g/mol. The van der Waals surface area contributed by atoms with Crippen molar-refractivity contribution in [3.05, 3.63) is 34.9 Å². The highest BCUT2D eigenvalue weighted by Gasteiger charge is 2.27. The molecular formula is C16H24ClN. The number of hydrogen-bond acceptors (Lipinski definition) is 1. The molecule has 1 fully saturated rings. The molecule has 0 saturated heterocycles. The maximum Gasteiger partial charge on any atom is 0.0406 e. The van der Waals surface area contributed by atoms with E-state index < -0.39 is 0 Å². The molecular weight excluding hydrogens is 242 g/mol. The molecule has 0 radical (unpaired) electrons. The minimum Gasteiger partial charge on any atom is -0.307 e. The lowest BCUT2D eigenvalue weighted by molar-refractivity contribution is 0.196. The third kappa shape index (κ3) is 3.27. The zero-order valence-electron chi connectivity index (χ0n) is 11.6. The van der Waals surface area contributed by atoms with Crippen LogP contribution in [0.2, 0.25) is 5.02 Å². The van der Waals surface area contributed by atoms with Gasteiger partial charge in [0.05, 0.1) is 0 Å². The molecule has 0 aliphatic heterocycles. The van der Waals surface area contributed by atoms with Crippen LogP contribution in [0, 0.1) is 11.8 Å². The average Bonchev–Trinajstić information content (AvgIpc) is 2.36. The molecule has 1 aromatic carbocycles. The van der Waals surface area contributed by atoms with E-state index in [2.05, 4.69) is 38.2 Å². The first-order valence-corrected chi connectivity index (χ1v) is 7.47. The Morgan fingerprint density at radius 1 is 1.17 bits per heavy atom. The summed E-state index contributed by atoms with van der Waals surface area (Å²) in [4.78, 5) is 0. The van der Waals surface area contributed by atoms with Crippen molar-refractivity contribution in [3.63, 3.8) is 0 Å². The topological polar surface area (TPSA) is 12.0 Å². The molecule has 2 rings (SSSR count). The van der Waals surface area contributed by atoms with E-state index in [4.69, 9.17) is 11.6 Å². The van der Waals surface area contributed by atoms with Crippen LogP contribution in [0.1, 0.15) is 51.6 Å². The van der Waals surface area contributed by atoms with E-state index >= 15 is 0 Å². The number of benzene rings is 1. The van der Waals surface area contributed by atoms with Crippen LogP contribution in [-0.4, -0.2) is 6.04 Å². The highest BCUT2D eigenvalue weighted by molar-refractivity contribution is 6.30. The van der Waals surface area contributed by atoms with Crippen LogP contribution in [0.5, 0.6) is 0 Å². The molecule has 0 bridgehead atoms. The number of hydrogen-bond donors (Lipinski definition) is 1. The van der Waals surface area contributed by atoms with Gasteiger partial charge in [0.15, 0.2) is 0 Å². The lowest BCUT2D eigenvalue weighted by Gasteiger charge is -2.36. The van der Waals surface area contributed by atoms with Gasteiger partial charge in [0, 0.05) is 17.1 Å². The summed E-state index contributed by atoms with van der Waals surface area (Å²) < 4.78 is 0. The Kier molecular flexibility index (Phi) is 4.69. The first-order valence-electron chi connectivity index (χ1n) is 7.09. The summed E-state index contributed by atoms with van der Waals surface area (Å²) in [5.74, 6) is 1.61. The SMILES string of the molecule is CC1CCCC(N[C@H](C)c2ccc(Cl)cc2)C1C. The molecule has 1 aliphatic carbocycles. The van der Waals surface area contributed by atoms with Gasteiger partial charge in [0.2, 0.25) is 0 Å². The van der Waals surface area contributed by atoms with Gasteiger partial charge >= 0.3 is 0 Å². The predicted octanol–water partition coefficient (Wildman–Crippen LogP) is 4.82. The number of halogens is 1. The number of rotatable bonds is 3. The zero-order valence-corrected chi connectivity index (χ0v) is 12.4. The standard InChI is InChI=1S/C16H24ClN/c1-11-5-4-6-16(12(11)2)18-13(3)14-7-9-15(17)10-8-14/h7-13,16,18H,4-6H2,1-3H3/t11?,12?,13-,16?/m1/s1. The molecule has 0 heterocycles. The fourth-order valence-electron chi connectivity index (χ4n) is 2.99. The van der Waals surface area contributed by atoms with Gasteiger partial charge < -0.3 is 5.32 Å². The van der Waals surface area contributed by atoms with Gasteiger partial charge in [0.1, 0.15) is 0 Å². The largest absolute Gasteiger partial charge is 0.307 e. The van der Waals surface area contributed by atoms with Crippen molar-refractivity contribution in [1.29, 1.82) is 0 Å². The molecule has 2 heteroatoms. The van der Waals surface area contributed by atoms with Gasteiger partial charge in [0.25, 0.3) is 0 Å². The molecule has 1 aliphatic rings. The molecule has 3 unspecified atom stereocenters. The lowest BCUT2D eigenvalue weighted by atomic mass is 9.77. The summed E-state index contributed by atoms with van der Waals surface area (Å²) in [6.45, 7) is 7.01. The normalized spacial score (nSPS) is 30.1. The Labute approximate surface area is 116 Å². The monoisotopic (exact) mass is 265 g/mol. The molecule has 0 spiro atoms. The van der Waals surface area contributed by atoms with Crippen molar-refractivity contribution in [1.82, 2.24) is 5.32 Å². The Balaban J connectivity index is 1.98. The van der Waals surface area contributed by atoms with Crippen LogP contribution in [0.25, 0.3) is 0 Å². The molecule has 18 heavy (non-hydrogen) atoms. The molecule has 4 atom stereocenters. The Morgan fingerprint density at radius 3 is 2.50 bits per heavy atom. The van der Waals surface area contributed by atoms with Gasteiger partial charge in [-0.3, -0.25) is 0 Å². The maximum absolute atomic E-state index is 5.93. The Morgan fingerprint density at radius 2 is 1.83 bits per heavy atom.